The van der Waals surface area contributed by atoms with Crippen LogP contribution < -0.4 is 5.32 Å². The summed E-state index contributed by atoms with van der Waals surface area (Å²) < 4.78 is 0. The van der Waals surface area contributed by atoms with Crippen molar-refractivity contribution in [2.24, 2.45) is 5.41 Å². The highest BCUT2D eigenvalue weighted by Crippen LogP contribution is 2.33. The van der Waals surface area contributed by atoms with Crippen LogP contribution in [-0.4, -0.2) is 22.0 Å². The number of aromatic nitrogens is 1. The van der Waals surface area contributed by atoms with Gasteiger partial charge in [-0.2, -0.15) is 0 Å². The monoisotopic (exact) mass is 482 g/mol. The average Bonchev–Trinajstić information content (AvgIpc) is 3.30. The summed E-state index contributed by atoms with van der Waals surface area (Å²) >= 11 is 1.67. The quantitative estimate of drug-likeness (QED) is 0.303. The minimum Gasteiger partial charge on any atom is -0.481 e. The van der Waals surface area contributed by atoms with Crippen LogP contribution in [0, 0.1) is 5.41 Å². The number of carbonyl (C=O) groups is 2. The van der Waals surface area contributed by atoms with Gasteiger partial charge < -0.3 is 10.4 Å². The third kappa shape index (κ3) is 7.79. The zero-order valence-electron chi connectivity index (χ0n) is 20.5. The number of unbranched alkanes of at least 4 members (excludes halogenated alkanes) is 3. The summed E-state index contributed by atoms with van der Waals surface area (Å²) in [4.78, 5) is 29.3. The summed E-state index contributed by atoms with van der Waals surface area (Å²) in [5.41, 5.74) is 1.82. The third-order valence-corrected chi connectivity index (χ3v) is 7.63. The first-order chi connectivity index (χ1) is 16.4. The maximum Gasteiger partial charge on any atom is 0.309 e. The Labute approximate surface area is 207 Å². The fraction of sp³-hybridized carbons (Fsp3) is 0.536. The number of hydrogen-bond donors (Lipinski definition) is 2. The predicted octanol–water partition coefficient (Wildman–Crippen LogP) is 7.75. The van der Waals surface area contributed by atoms with E-state index < -0.39 is 11.4 Å². The molecule has 5 nitrogen and oxygen atoms in total. The van der Waals surface area contributed by atoms with E-state index in [2.05, 4.69) is 17.6 Å². The molecule has 0 aliphatic heterocycles. The van der Waals surface area contributed by atoms with Crippen molar-refractivity contribution < 1.29 is 14.7 Å². The molecule has 3 rings (SSSR count). The molecule has 0 saturated heterocycles. The lowest BCUT2D eigenvalue weighted by molar-refractivity contribution is -0.150. The molecule has 2 aromatic rings. The smallest absolute Gasteiger partial charge is 0.309 e. The first-order valence-corrected chi connectivity index (χ1v) is 13.5. The molecular formula is C28H38N2O3S. The molecule has 0 radical (unpaired) electrons. The van der Waals surface area contributed by atoms with Crippen LogP contribution in [0.5, 0.6) is 0 Å². The number of nitrogens with zero attached hydrogens (tertiary/aromatic N) is 1. The Bertz CT molecular complexity index is 978. The molecule has 1 aliphatic carbocycles. The lowest BCUT2D eigenvalue weighted by Gasteiger charge is -2.24. The number of carboxylic acid groups (broad SMARTS) is 1. The van der Waals surface area contributed by atoms with Gasteiger partial charge >= 0.3 is 5.97 Å². The van der Waals surface area contributed by atoms with E-state index in [4.69, 9.17) is 4.98 Å². The molecule has 1 atom stereocenters. The summed E-state index contributed by atoms with van der Waals surface area (Å²) in [6.45, 7) is 3.80. The number of nitrogens with one attached hydrogen (secondary N) is 1. The SMILES string of the molecule is CCCCCCC(C)(CC(=O)Nc1cccc(/C=C/c2nc(C3CCCCC3)cs2)c1)C(=O)O. The molecular weight excluding hydrogens is 444 g/mol. The number of aliphatic carboxylic acids is 1. The van der Waals surface area contributed by atoms with Crippen LogP contribution in [0.3, 0.4) is 0 Å². The van der Waals surface area contributed by atoms with Crippen molar-refractivity contribution in [1.82, 2.24) is 4.98 Å². The molecule has 1 aromatic carbocycles. The number of amides is 1. The second kappa shape index (κ2) is 12.8. The van der Waals surface area contributed by atoms with Gasteiger partial charge in [0.05, 0.1) is 11.1 Å². The summed E-state index contributed by atoms with van der Waals surface area (Å²) in [6, 6.07) is 7.62. The van der Waals surface area contributed by atoms with Gasteiger partial charge in [-0.25, -0.2) is 4.98 Å². The van der Waals surface area contributed by atoms with Crippen molar-refractivity contribution >= 4 is 41.1 Å². The van der Waals surface area contributed by atoms with Crippen LogP contribution in [0.25, 0.3) is 12.2 Å². The highest BCUT2D eigenvalue weighted by molar-refractivity contribution is 7.10. The molecule has 1 unspecified atom stereocenters. The van der Waals surface area contributed by atoms with Crippen molar-refractivity contribution in [2.75, 3.05) is 5.32 Å². The van der Waals surface area contributed by atoms with Crippen LogP contribution in [0.15, 0.2) is 29.6 Å². The normalized spacial score (nSPS) is 16.4. The van der Waals surface area contributed by atoms with Crippen LogP contribution in [-0.2, 0) is 9.59 Å². The van der Waals surface area contributed by atoms with Crippen LogP contribution in [0.2, 0.25) is 0 Å². The Kier molecular flexibility index (Phi) is 9.87. The average molecular weight is 483 g/mol. The van der Waals surface area contributed by atoms with Crippen molar-refractivity contribution in [3.63, 3.8) is 0 Å². The van der Waals surface area contributed by atoms with Gasteiger partial charge in [0.1, 0.15) is 5.01 Å². The largest absolute Gasteiger partial charge is 0.481 e. The minimum atomic E-state index is -1.05. The van der Waals surface area contributed by atoms with Crippen molar-refractivity contribution in [1.29, 1.82) is 0 Å². The Balaban J connectivity index is 1.57. The van der Waals surface area contributed by atoms with Gasteiger partial charge in [-0.1, -0.05) is 70.1 Å². The second-order valence-corrected chi connectivity index (χ2v) is 10.7. The second-order valence-electron chi connectivity index (χ2n) is 9.81. The van der Waals surface area contributed by atoms with Crippen LogP contribution in [0.4, 0.5) is 5.69 Å². The standard InChI is InChI=1S/C28H38N2O3S/c1-3-4-5-9-17-28(2,27(32)33)19-25(31)29-23-14-10-11-21(18-23)15-16-26-30-24(20-34-26)22-12-7-6-8-13-22/h10-11,14-16,18,20,22H,3-9,12-13,17,19H2,1-2H3,(H,29,31)(H,32,33)/b16-15+. The number of carboxylic acids is 1. The van der Waals surface area contributed by atoms with Gasteiger partial charge in [-0.05, 0) is 50.0 Å². The molecule has 184 valence electrons. The molecule has 1 heterocycles. The number of thiazole rings is 1. The van der Waals surface area contributed by atoms with E-state index in [1.807, 2.05) is 36.4 Å². The first kappa shape index (κ1) is 26.1. The fourth-order valence-corrected chi connectivity index (χ4v) is 5.41. The highest BCUT2D eigenvalue weighted by Gasteiger charge is 2.35. The molecule has 1 aliphatic rings. The van der Waals surface area contributed by atoms with Gasteiger partial charge in [0.2, 0.25) is 5.91 Å². The van der Waals surface area contributed by atoms with E-state index in [1.54, 1.807) is 18.3 Å². The summed E-state index contributed by atoms with van der Waals surface area (Å²) in [6.07, 6.45) is 14.9. The number of anilines is 1. The molecule has 0 bridgehead atoms. The zero-order chi connectivity index (χ0) is 24.4. The van der Waals surface area contributed by atoms with Gasteiger partial charge in [0.25, 0.3) is 0 Å². The molecule has 1 saturated carbocycles. The molecule has 0 spiro atoms. The van der Waals surface area contributed by atoms with Crippen molar-refractivity contribution in [3.8, 4) is 0 Å². The van der Waals surface area contributed by atoms with Gasteiger partial charge in [0, 0.05) is 23.4 Å². The molecule has 34 heavy (non-hydrogen) atoms. The molecule has 6 heteroatoms. The predicted molar refractivity (Wildman–Crippen MR) is 141 cm³/mol. The molecule has 1 fully saturated rings. The summed E-state index contributed by atoms with van der Waals surface area (Å²) in [7, 11) is 0. The number of carbonyl (C=O) groups excluding carboxylic acids is 1. The fourth-order valence-electron chi connectivity index (χ4n) is 4.62. The Morgan fingerprint density at radius 3 is 2.71 bits per heavy atom. The Morgan fingerprint density at radius 1 is 1.18 bits per heavy atom. The first-order valence-electron chi connectivity index (χ1n) is 12.7. The van der Waals surface area contributed by atoms with Gasteiger partial charge in [0.15, 0.2) is 0 Å². The molecule has 2 N–H and O–H groups in total. The maximum absolute atomic E-state index is 12.7. The van der Waals surface area contributed by atoms with Crippen LogP contribution >= 0.6 is 11.3 Å². The van der Waals surface area contributed by atoms with E-state index in [0.29, 0.717) is 18.0 Å². The van der Waals surface area contributed by atoms with E-state index in [9.17, 15) is 14.7 Å². The molecule has 1 amide bonds. The minimum absolute atomic E-state index is 0.0302. The van der Waals surface area contributed by atoms with E-state index in [-0.39, 0.29) is 12.3 Å². The van der Waals surface area contributed by atoms with Crippen molar-refractivity contribution in [3.05, 3.63) is 45.9 Å². The highest BCUT2D eigenvalue weighted by atomic mass is 32.1. The molecule has 1 aromatic heterocycles. The van der Waals surface area contributed by atoms with Gasteiger partial charge in [-0.3, -0.25) is 9.59 Å². The van der Waals surface area contributed by atoms with Crippen LogP contribution in [0.1, 0.15) is 107 Å². The van der Waals surface area contributed by atoms with E-state index in [0.717, 1.165) is 36.3 Å². The topological polar surface area (TPSA) is 79.3 Å². The zero-order valence-corrected chi connectivity index (χ0v) is 21.3. The Morgan fingerprint density at radius 2 is 1.97 bits per heavy atom. The Hall–Kier alpha value is -2.47. The number of rotatable bonds is 12. The lowest BCUT2D eigenvalue weighted by Crippen LogP contribution is -2.32. The summed E-state index contributed by atoms with van der Waals surface area (Å²) in [5.74, 6) is -0.570. The lowest BCUT2D eigenvalue weighted by atomic mass is 9.81. The van der Waals surface area contributed by atoms with E-state index in [1.165, 1.54) is 37.8 Å². The number of hydrogen-bond acceptors (Lipinski definition) is 4. The van der Waals surface area contributed by atoms with Gasteiger partial charge in [-0.15, -0.1) is 11.3 Å². The van der Waals surface area contributed by atoms with E-state index >= 15 is 0 Å². The summed E-state index contributed by atoms with van der Waals surface area (Å²) in [5, 5.41) is 15.8. The van der Waals surface area contributed by atoms with Crippen molar-refractivity contribution in [2.45, 2.75) is 90.4 Å². The number of benzene rings is 1. The third-order valence-electron chi connectivity index (χ3n) is 6.80. The maximum atomic E-state index is 12.7.